The van der Waals surface area contributed by atoms with Crippen molar-refractivity contribution >= 4 is 38.8 Å². The summed E-state index contributed by atoms with van der Waals surface area (Å²) in [5.41, 5.74) is 15.2. The van der Waals surface area contributed by atoms with E-state index < -0.39 is 0 Å². The molecule has 9 aromatic rings. The minimum absolute atomic E-state index is 0.832. The highest BCUT2D eigenvalue weighted by Crippen LogP contribution is 2.46. The lowest BCUT2D eigenvalue weighted by Crippen LogP contribution is -2.09. The van der Waals surface area contributed by atoms with Crippen LogP contribution in [0.15, 0.2) is 164 Å². The number of aromatic nitrogens is 6. The molecule has 0 unspecified atom stereocenters. The number of allylic oxidation sites excluding steroid dienone is 5. The third kappa shape index (κ3) is 5.45. The Labute approximate surface area is 320 Å². The topological polar surface area (TPSA) is 53.5 Å². The molecule has 3 heterocycles. The normalized spacial score (nSPS) is 12.1. The van der Waals surface area contributed by atoms with Gasteiger partial charge in [-0.25, -0.2) is 15.0 Å². The van der Waals surface area contributed by atoms with Crippen LogP contribution in [-0.2, 0) is 0 Å². The number of nitrogens with zero attached hydrogens (tertiary/aromatic N) is 6. The smallest absolute Gasteiger partial charge is 0.146 e. The van der Waals surface area contributed by atoms with Gasteiger partial charge in [-0.3, -0.25) is 13.7 Å². The molecule has 6 heteroatoms. The highest BCUT2D eigenvalue weighted by Gasteiger charge is 2.30. The SMILES string of the molecule is C=C/C(=C\C=C/C)n1c(-c2c(C)c(-c3nc4ccccc4n3-c3ccccc3)c(C)c(-c3nc4ccccc4n3-c3ccccc3)c2C)nc2ccccc21. The van der Waals surface area contributed by atoms with Gasteiger partial charge in [-0.05, 0) is 117 Å². The molecule has 6 nitrogen and oxygen atoms in total. The van der Waals surface area contributed by atoms with Crippen LogP contribution in [0, 0.1) is 20.8 Å². The Bertz CT molecular complexity index is 2830. The summed E-state index contributed by atoms with van der Waals surface area (Å²) in [4.78, 5) is 16.3. The fourth-order valence-corrected chi connectivity index (χ4v) is 8.17. The van der Waals surface area contributed by atoms with Gasteiger partial charge in [0, 0.05) is 33.8 Å². The van der Waals surface area contributed by atoms with Gasteiger partial charge in [-0.2, -0.15) is 0 Å². The molecule has 0 fully saturated rings. The van der Waals surface area contributed by atoms with E-state index in [1.807, 2.05) is 31.2 Å². The van der Waals surface area contributed by atoms with Gasteiger partial charge in [-0.15, -0.1) is 0 Å². The van der Waals surface area contributed by atoms with Gasteiger partial charge in [0.25, 0.3) is 0 Å². The van der Waals surface area contributed by atoms with Gasteiger partial charge in [-0.1, -0.05) is 91.5 Å². The van der Waals surface area contributed by atoms with Gasteiger partial charge in [0.1, 0.15) is 17.5 Å². The zero-order valence-electron chi connectivity index (χ0n) is 31.4. The van der Waals surface area contributed by atoms with Gasteiger partial charge < -0.3 is 0 Å². The Balaban J connectivity index is 1.48. The van der Waals surface area contributed by atoms with Crippen molar-refractivity contribution in [1.29, 1.82) is 0 Å². The van der Waals surface area contributed by atoms with Crippen molar-refractivity contribution in [2.24, 2.45) is 0 Å². The van der Waals surface area contributed by atoms with Crippen LogP contribution in [0.4, 0.5) is 0 Å². The molecule has 0 spiro atoms. The Morgan fingerprint density at radius 1 is 0.491 bits per heavy atom. The number of hydrogen-bond donors (Lipinski definition) is 0. The minimum atomic E-state index is 0.832. The fourth-order valence-electron chi connectivity index (χ4n) is 8.17. The summed E-state index contributed by atoms with van der Waals surface area (Å²) in [7, 11) is 0. The molecule has 0 N–H and O–H groups in total. The van der Waals surface area contributed by atoms with Crippen LogP contribution < -0.4 is 0 Å². The monoisotopic (exact) mass is 712 g/mol. The first-order valence-electron chi connectivity index (χ1n) is 18.6. The molecule has 55 heavy (non-hydrogen) atoms. The molecule has 0 atom stereocenters. The predicted molar refractivity (Wildman–Crippen MR) is 229 cm³/mol. The standard InChI is InChI=1S/C49H40N6/c1-6-8-21-35(7-2)53-41-29-18-15-26-38(41)50-47(53)44-32(3)45(48-51-39-27-16-19-30-42(39)54(48)36-22-11-9-12-23-36)34(5)46(33(44)4)49-52-40-28-17-20-31-43(40)55(49)37-24-13-10-14-25-37/h6-31H,2H2,1,3-5H3/b8-6-,35-21+. The van der Waals surface area contributed by atoms with Gasteiger partial charge in [0.05, 0.1) is 33.1 Å². The second kappa shape index (κ2) is 13.7. The number of benzene rings is 6. The Morgan fingerprint density at radius 3 is 1.33 bits per heavy atom. The Morgan fingerprint density at radius 2 is 0.873 bits per heavy atom. The maximum atomic E-state index is 5.43. The molecule has 0 aliphatic heterocycles. The summed E-state index contributed by atoms with van der Waals surface area (Å²) >= 11 is 0. The number of imidazole rings is 3. The van der Waals surface area contributed by atoms with Crippen molar-refractivity contribution in [1.82, 2.24) is 28.7 Å². The number of hydrogen-bond acceptors (Lipinski definition) is 3. The number of para-hydroxylation sites is 8. The number of rotatable bonds is 8. The molecule has 0 aliphatic carbocycles. The molecule has 3 aromatic heterocycles. The van der Waals surface area contributed by atoms with E-state index in [0.717, 1.165) is 101 Å². The van der Waals surface area contributed by atoms with Crippen LogP contribution in [0.5, 0.6) is 0 Å². The van der Waals surface area contributed by atoms with Crippen LogP contribution in [0.3, 0.4) is 0 Å². The second-order valence-corrected chi connectivity index (χ2v) is 13.8. The van der Waals surface area contributed by atoms with Crippen LogP contribution in [0.2, 0.25) is 0 Å². The molecule has 266 valence electrons. The van der Waals surface area contributed by atoms with E-state index in [-0.39, 0.29) is 0 Å². The van der Waals surface area contributed by atoms with Crippen LogP contribution >= 0.6 is 0 Å². The lowest BCUT2D eigenvalue weighted by molar-refractivity contribution is 1.07. The molecule has 0 bridgehead atoms. The van der Waals surface area contributed by atoms with E-state index in [1.54, 1.807) is 0 Å². The van der Waals surface area contributed by atoms with Crippen molar-refractivity contribution in [3.8, 4) is 45.5 Å². The van der Waals surface area contributed by atoms with E-state index in [4.69, 9.17) is 15.0 Å². The summed E-state index contributed by atoms with van der Waals surface area (Å²) in [6, 6.07) is 46.1. The maximum absolute atomic E-state index is 5.43. The van der Waals surface area contributed by atoms with Crippen molar-refractivity contribution in [2.45, 2.75) is 27.7 Å². The molecular formula is C49H40N6. The molecule has 0 radical (unpaired) electrons. The van der Waals surface area contributed by atoms with Gasteiger partial charge in [0.15, 0.2) is 0 Å². The zero-order valence-corrected chi connectivity index (χ0v) is 31.4. The van der Waals surface area contributed by atoms with Crippen LogP contribution in [-0.4, -0.2) is 28.7 Å². The predicted octanol–water partition coefficient (Wildman–Crippen LogP) is 12.2. The number of fused-ring (bicyclic) bond motifs is 3. The Hall–Kier alpha value is -7.05. The minimum Gasteiger partial charge on any atom is -0.292 e. The molecule has 9 rings (SSSR count). The summed E-state index contributed by atoms with van der Waals surface area (Å²) in [5, 5.41) is 0. The van der Waals surface area contributed by atoms with E-state index in [1.165, 1.54) is 0 Å². The molecule has 0 aliphatic rings. The fraction of sp³-hybridized carbons (Fsp3) is 0.0816. The summed E-state index contributed by atoms with van der Waals surface area (Å²) in [6.07, 6.45) is 8.08. The van der Waals surface area contributed by atoms with E-state index in [2.05, 4.69) is 175 Å². The summed E-state index contributed by atoms with van der Waals surface area (Å²) < 4.78 is 6.82. The molecule has 0 saturated heterocycles. The van der Waals surface area contributed by atoms with Crippen LogP contribution in [0.25, 0.3) is 84.3 Å². The largest absolute Gasteiger partial charge is 0.292 e. The quantitative estimate of drug-likeness (QED) is 0.147. The molecule has 0 saturated carbocycles. The van der Waals surface area contributed by atoms with E-state index >= 15 is 0 Å². The highest BCUT2D eigenvalue weighted by molar-refractivity contribution is 5.96. The third-order valence-corrected chi connectivity index (χ3v) is 10.6. The maximum Gasteiger partial charge on any atom is 0.146 e. The molecule has 6 aromatic carbocycles. The average Bonchev–Trinajstić information content (AvgIpc) is 3.91. The first-order chi connectivity index (χ1) is 27.0. The van der Waals surface area contributed by atoms with Crippen molar-refractivity contribution < 1.29 is 0 Å². The summed E-state index contributed by atoms with van der Waals surface area (Å²) in [5.74, 6) is 2.56. The first-order valence-corrected chi connectivity index (χ1v) is 18.6. The van der Waals surface area contributed by atoms with Gasteiger partial charge in [0.2, 0.25) is 0 Å². The second-order valence-electron chi connectivity index (χ2n) is 13.8. The van der Waals surface area contributed by atoms with Crippen LogP contribution in [0.1, 0.15) is 23.6 Å². The molecule has 0 amide bonds. The van der Waals surface area contributed by atoms with Gasteiger partial charge >= 0.3 is 0 Å². The highest BCUT2D eigenvalue weighted by atomic mass is 15.1. The third-order valence-electron chi connectivity index (χ3n) is 10.6. The van der Waals surface area contributed by atoms with E-state index in [0.29, 0.717) is 0 Å². The lowest BCUT2D eigenvalue weighted by atomic mass is 9.86. The molecular weight excluding hydrogens is 673 g/mol. The van der Waals surface area contributed by atoms with E-state index in [9.17, 15) is 0 Å². The lowest BCUT2D eigenvalue weighted by Gasteiger charge is -2.24. The first kappa shape index (κ1) is 33.8. The van der Waals surface area contributed by atoms with Crippen molar-refractivity contribution in [3.05, 3.63) is 181 Å². The zero-order chi connectivity index (χ0) is 37.6. The average molecular weight is 713 g/mol. The van der Waals surface area contributed by atoms with Crippen molar-refractivity contribution in [3.63, 3.8) is 0 Å². The summed E-state index contributed by atoms with van der Waals surface area (Å²) in [6.45, 7) is 12.9. The Kier molecular flexibility index (Phi) is 8.43. The van der Waals surface area contributed by atoms with Crippen molar-refractivity contribution in [2.75, 3.05) is 0 Å².